The predicted octanol–water partition coefficient (Wildman–Crippen LogP) is 2.19. The number of rotatable bonds is 3. The minimum atomic E-state index is -1.04. The van der Waals surface area contributed by atoms with E-state index in [0.717, 1.165) is 0 Å². The Kier molecular flexibility index (Phi) is 3.30. The summed E-state index contributed by atoms with van der Waals surface area (Å²) in [6.07, 6.45) is -0.0189. The van der Waals surface area contributed by atoms with Gasteiger partial charge < -0.3 is 25.2 Å². The van der Waals surface area contributed by atoms with Crippen molar-refractivity contribution in [2.75, 3.05) is 6.61 Å². The number of ether oxygens (including phenoxy) is 2. The van der Waals surface area contributed by atoms with Crippen LogP contribution in [0, 0.1) is 0 Å². The van der Waals surface area contributed by atoms with E-state index in [4.69, 9.17) is 37.8 Å². The summed E-state index contributed by atoms with van der Waals surface area (Å²) in [4.78, 5) is 23.1. The third kappa shape index (κ3) is 2.43. The second-order valence-corrected chi connectivity index (χ2v) is 7.46. The Morgan fingerprint density at radius 2 is 1.67 bits per heavy atom. The van der Waals surface area contributed by atoms with Crippen molar-refractivity contribution in [2.45, 2.75) is 36.4 Å². The highest BCUT2D eigenvalue weighted by Gasteiger charge is 2.69. The summed E-state index contributed by atoms with van der Waals surface area (Å²) in [7, 11) is 0. The molecule has 0 saturated heterocycles. The predicted molar refractivity (Wildman–Crippen MR) is 85.0 cm³/mol. The molecule has 128 valence electrons. The van der Waals surface area contributed by atoms with Gasteiger partial charge in [-0.05, 0) is 19.3 Å². The lowest BCUT2D eigenvalue weighted by Gasteiger charge is -2.70. The summed E-state index contributed by atoms with van der Waals surface area (Å²) in [5.41, 5.74) is -0.708. The van der Waals surface area contributed by atoms with Crippen LogP contribution in [0.3, 0.4) is 0 Å². The average Bonchev–Trinajstić information content (AvgIpc) is 2.44. The molecule has 1 heterocycles. The zero-order chi connectivity index (χ0) is 17.1. The molecule has 7 nitrogen and oxygen atoms in total. The number of nitrogens with one attached hydrogen (secondary N) is 2. The molecule has 0 radical (unpaired) electrons. The lowest BCUT2D eigenvalue weighted by Crippen LogP contribution is -2.84. The van der Waals surface area contributed by atoms with E-state index in [1.165, 1.54) is 6.07 Å². The van der Waals surface area contributed by atoms with Gasteiger partial charge in [0.05, 0.1) is 15.6 Å². The quantitative estimate of drug-likeness (QED) is 0.755. The molecule has 24 heavy (non-hydrogen) atoms. The Bertz CT molecular complexity index is 734. The number of carboxylic acid groups (broad SMARTS) is 1. The van der Waals surface area contributed by atoms with Crippen LogP contribution >= 0.6 is 23.2 Å². The van der Waals surface area contributed by atoms with Gasteiger partial charge in [-0.15, -0.1) is 0 Å². The molecule has 3 saturated carbocycles. The maximum absolute atomic E-state index is 12.4. The fraction of sp³-hybridized carbons (Fsp3) is 0.467. The standard InChI is InChI=1S/C15H14Cl2N2O5/c16-7-1-9-10(2-8(7)17)24-11(3-23-9)12(20)18-14-4-15(5-14,6-14)19-13(21)22/h1-2,11,19H,3-6H2,(H,18,20)(H,21,22). The number of hydrogen-bond acceptors (Lipinski definition) is 4. The first kappa shape index (κ1) is 15.7. The van der Waals surface area contributed by atoms with E-state index in [-0.39, 0.29) is 23.6 Å². The molecule has 9 heteroatoms. The van der Waals surface area contributed by atoms with Crippen LogP contribution in [-0.4, -0.2) is 40.9 Å². The third-order valence-electron chi connectivity index (χ3n) is 4.73. The molecule has 1 aliphatic heterocycles. The number of amides is 2. The van der Waals surface area contributed by atoms with E-state index in [2.05, 4.69) is 10.6 Å². The first-order valence-electron chi connectivity index (χ1n) is 7.42. The number of hydrogen-bond donors (Lipinski definition) is 3. The molecule has 0 aromatic heterocycles. The first-order valence-corrected chi connectivity index (χ1v) is 8.17. The molecule has 4 aliphatic rings. The first-order chi connectivity index (χ1) is 11.3. The van der Waals surface area contributed by atoms with Gasteiger partial charge in [0.2, 0.25) is 6.10 Å². The van der Waals surface area contributed by atoms with Crippen molar-refractivity contribution in [3.63, 3.8) is 0 Å². The van der Waals surface area contributed by atoms with Crippen molar-refractivity contribution in [2.24, 2.45) is 0 Å². The second kappa shape index (κ2) is 5.07. The van der Waals surface area contributed by atoms with E-state index in [0.29, 0.717) is 40.8 Å². The van der Waals surface area contributed by atoms with Crippen LogP contribution in [0.4, 0.5) is 4.79 Å². The molecule has 0 spiro atoms. The van der Waals surface area contributed by atoms with E-state index >= 15 is 0 Å². The molecular formula is C15H14Cl2N2O5. The zero-order valence-electron chi connectivity index (χ0n) is 12.4. The minimum absolute atomic E-state index is 0.0748. The topological polar surface area (TPSA) is 96.9 Å². The molecular weight excluding hydrogens is 359 g/mol. The van der Waals surface area contributed by atoms with E-state index in [1.54, 1.807) is 6.07 Å². The number of fused-ring (bicyclic) bond motifs is 1. The molecule has 2 bridgehead atoms. The number of halogens is 2. The highest BCUT2D eigenvalue weighted by molar-refractivity contribution is 6.42. The van der Waals surface area contributed by atoms with Crippen LogP contribution in [0.25, 0.3) is 0 Å². The molecule has 2 amide bonds. The molecule has 1 aromatic rings. The Morgan fingerprint density at radius 1 is 1.08 bits per heavy atom. The van der Waals surface area contributed by atoms with E-state index in [9.17, 15) is 9.59 Å². The third-order valence-corrected chi connectivity index (χ3v) is 5.45. The largest absolute Gasteiger partial charge is 0.485 e. The summed E-state index contributed by atoms with van der Waals surface area (Å²) < 4.78 is 11.2. The smallest absolute Gasteiger partial charge is 0.405 e. The molecule has 5 rings (SSSR count). The fourth-order valence-electron chi connectivity index (χ4n) is 3.82. The lowest BCUT2D eigenvalue weighted by atomic mass is 9.44. The van der Waals surface area contributed by atoms with Gasteiger partial charge in [-0.3, -0.25) is 4.79 Å². The van der Waals surface area contributed by atoms with Gasteiger partial charge in [0.15, 0.2) is 11.5 Å². The van der Waals surface area contributed by atoms with Gasteiger partial charge in [-0.25, -0.2) is 4.79 Å². The van der Waals surface area contributed by atoms with Crippen molar-refractivity contribution in [1.82, 2.24) is 10.6 Å². The van der Waals surface area contributed by atoms with Crippen molar-refractivity contribution >= 4 is 35.2 Å². The Labute approximate surface area is 147 Å². The SMILES string of the molecule is O=C(O)NC12CC(NC(=O)C3COc4cc(Cl)c(Cl)cc4O3)(C1)C2. The van der Waals surface area contributed by atoms with Gasteiger partial charge in [-0.1, -0.05) is 23.2 Å². The lowest BCUT2D eigenvalue weighted by molar-refractivity contribution is -0.148. The Balaban J connectivity index is 1.37. The van der Waals surface area contributed by atoms with Crippen LogP contribution in [0.2, 0.25) is 10.0 Å². The van der Waals surface area contributed by atoms with Gasteiger partial charge in [0.1, 0.15) is 6.61 Å². The summed E-state index contributed by atoms with van der Waals surface area (Å²) in [5, 5.41) is 14.9. The monoisotopic (exact) mass is 372 g/mol. The number of benzene rings is 1. The summed E-state index contributed by atoms with van der Waals surface area (Å²) in [6, 6.07) is 3.07. The number of carbonyl (C=O) groups excluding carboxylic acids is 1. The maximum atomic E-state index is 12.4. The normalized spacial score (nSPS) is 32.2. The summed E-state index contributed by atoms with van der Waals surface area (Å²) in [5.74, 6) is 0.538. The van der Waals surface area contributed by atoms with Crippen molar-refractivity contribution in [3.8, 4) is 11.5 Å². The molecule has 1 unspecified atom stereocenters. The molecule has 3 fully saturated rings. The van der Waals surface area contributed by atoms with Crippen LogP contribution in [0.5, 0.6) is 11.5 Å². The zero-order valence-corrected chi connectivity index (χ0v) is 13.9. The van der Waals surface area contributed by atoms with Crippen LogP contribution < -0.4 is 20.1 Å². The van der Waals surface area contributed by atoms with Crippen molar-refractivity contribution in [1.29, 1.82) is 0 Å². The Morgan fingerprint density at radius 3 is 2.29 bits per heavy atom. The van der Waals surface area contributed by atoms with Crippen LogP contribution in [0.15, 0.2) is 12.1 Å². The second-order valence-electron chi connectivity index (χ2n) is 6.64. The van der Waals surface area contributed by atoms with Gasteiger partial charge in [0, 0.05) is 17.7 Å². The molecule has 1 aromatic carbocycles. The van der Waals surface area contributed by atoms with E-state index < -0.39 is 12.2 Å². The summed E-state index contributed by atoms with van der Waals surface area (Å²) >= 11 is 11.9. The van der Waals surface area contributed by atoms with Crippen LogP contribution in [0.1, 0.15) is 19.3 Å². The average molecular weight is 373 g/mol. The van der Waals surface area contributed by atoms with Gasteiger partial charge in [-0.2, -0.15) is 0 Å². The van der Waals surface area contributed by atoms with Gasteiger partial charge in [0.25, 0.3) is 5.91 Å². The molecule has 3 aliphatic carbocycles. The molecule has 1 atom stereocenters. The maximum Gasteiger partial charge on any atom is 0.405 e. The molecule has 3 N–H and O–H groups in total. The minimum Gasteiger partial charge on any atom is -0.485 e. The van der Waals surface area contributed by atoms with Crippen LogP contribution in [-0.2, 0) is 4.79 Å². The van der Waals surface area contributed by atoms with Crippen molar-refractivity contribution in [3.05, 3.63) is 22.2 Å². The highest BCUT2D eigenvalue weighted by Crippen LogP contribution is 2.60. The fourth-order valence-corrected chi connectivity index (χ4v) is 4.13. The summed E-state index contributed by atoms with van der Waals surface area (Å²) in [6.45, 7) is 0.0748. The number of carbonyl (C=O) groups is 2. The van der Waals surface area contributed by atoms with Gasteiger partial charge >= 0.3 is 6.09 Å². The highest BCUT2D eigenvalue weighted by atomic mass is 35.5. The van der Waals surface area contributed by atoms with E-state index in [1.807, 2.05) is 0 Å². The Hall–Kier alpha value is -1.86. The van der Waals surface area contributed by atoms with Crippen molar-refractivity contribution < 1.29 is 24.2 Å².